The van der Waals surface area contributed by atoms with Gasteiger partial charge < -0.3 is 37.2 Å². The van der Waals surface area contributed by atoms with Crippen molar-refractivity contribution in [3.8, 4) is 11.1 Å². The molecule has 3 rings (SSSR count). The number of halogens is 3. The van der Waals surface area contributed by atoms with E-state index in [0.717, 1.165) is 6.42 Å². The fraction of sp³-hybridized carbons (Fsp3) is 0.0833. The van der Waals surface area contributed by atoms with E-state index in [-0.39, 0.29) is 63.4 Å². The van der Waals surface area contributed by atoms with Crippen LogP contribution in [0.25, 0.3) is 11.1 Å². The van der Waals surface area contributed by atoms with Crippen molar-refractivity contribution in [1.29, 1.82) is 0 Å². The van der Waals surface area contributed by atoms with Crippen LogP contribution in [0.5, 0.6) is 0 Å². The summed E-state index contributed by atoms with van der Waals surface area (Å²) in [5, 5.41) is 1.50. The average molecular weight is 381 g/mol. The molecule has 86 valence electrons. The summed E-state index contributed by atoms with van der Waals surface area (Å²) in [5.74, 6) is 3.22. The first-order valence-electron chi connectivity index (χ1n) is 4.39. The normalized spacial score (nSPS) is 9.88. The summed E-state index contributed by atoms with van der Waals surface area (Å²) < 4.78 is 0. The van der Waals surface area contributed by atoms with Crippen molar-refractivity contribution in [2.45, 2.75) is 6.42 Å². The minimum atomic E-state index is 0. The van der Waals surface area contributed by atoms with Crippen molar-refractivity contribution in [3.05, 3.63) is 53.1 Å². The molecule has 0 bridgehead atoms. The Kier molecular flexibility index (Phi) is 10.2. The second-order valence-electron chi connectivity index (χ2n) is 3.27. The topological polar surface area (TPSA) is 0 Å². The summed E-state index contributed by atoms with van der Waals surface area (Å²) in [6, 6.07) is 12.9. The molecule has 0 atom stereocenters. The third-order valence-electron chi connectivity index (χ3n) is 2.50. The summed E-state index contributed by atoms with van der Waals surface area (Å²) in [6.45, 7) is 0. The molecule has 1 aliphatic rings. The van der Waals surface area contributed by atoms with Crippen molar-refractivity contribution in [2.75, 3.05) is 0 Å². The van der Waals surface area contributed by atoms with Crippen LogP contribution in [-0.4, -0.2) is 0 Å². The second-order valence-corrected chi connectivity index (χ2v) is 4.29. The molecule has 1 aromatic heterocycles. The maximum absolute atomic E-state index is 3.22. The van der Waals surface area contributed by atoms with Crippen LogP contribution in [0.1, 0.15) is 10.9 Å². The molecule has 5 heteroatoms. The van der Waals surface area contributed by atoms with Gasteiger partial charge in [-0.1, -0.05) is 24.3 Å². The number of hydrogen-bond acceptors (Lipinski definition) is 0. The van der Waals surface area contributed by atoms with E-state index in [1.54, 1.807) is 0 Å². The van der Waals surface area contributed by atoms with Crippen LogP contribution in [0, 0.1) is 5.80 Å². The summed E-state index contributed by atoms with van der Waals surface area (Å²) in [5.41, 5.74) is 4.31. The Morgan fingerprint density at radius 1 is 0.941 bits per heavy atom. The van der Waals surface area contributed by atoms with Crippen LogP contribution in [0.2, 0.25) is 0 Å². The van der Waals surface area contributed by atoms with Crippen molar-refractivity contribution in [3.63, 3.8) is 0 Å². The Labute approximate surface area is 141 Å². The quantitative estimate of drug-likeness (QED) is 0.342. The van der Waals surface area contributed by atoms with Gasteiger partial charge in [0.25, 0.3) is 0 Å². The van der Waals surface area contributed by atoms with E-state index in [2.05, 4.69) is 36.1 Å². The molecule has 2 aromatic rings. The van der Waals surface area contributed by atoms with Gasteiger partial charge in [0.15, 0.2) is 0 Å². The monoisotopic (exact) mass is 378 g/mol. The van der Waals surface area contributed by atoms with Gasteiger partial charge in [0.2, 0.25) is 0 Å². The molecule has 0 amide bonds. The zero-order chi connectivity index (χ0) is 8.67. The number of fused-ring (bicyclic) bond motifs is 3. The summed E-state index contributed by atoms with van der Waals surface area (Å²) >= 11 is 0. The Balaban J connectivity index is 0. The van der Waals surface area contributed by atoms with Gasteiger partial charge in [-0.25, -0.2) is 8.19 Å². The first-order valence-corrected chi connectivity index (χ1v) is 5.29. The molecule has 0 aliphatic heterocycles. The zero-order valence-corrected chi connectivity index (χ0v) is 14.4. The minimum Gasteiger partial charge on any atom is -1.00 e. The molecule has 1 aromatic carbocycles. The largest absolute Gasteiger partial charge is 4.00 e. The van der Waals surface area contributed by atoms with Gasteiger partial charge in [0, 0.05) is 0 Å². The van der Waals surface area contributed by atoms with Gasteiger partial charge in [-0.3, -0.25) is 0 Å². The molecule has 1 aliphatic carbocycles. The van der Waals surface area contributed by atoms with Gasteiger partial charge in [0.05, 0.1) is 0 Å². The Hall–Kier alpha value is 0.623. The van der Waals surface area contributed by atoms with Crippen molar-refractivity contribution >= 4 is 8.19 Å². The molecule has 0 N–H and O–H groups in total. The van der Waals surface area contributed by atoms with Crippen molar-refractivity contribution in [1.82, 2.24) is 0 Å². The van der Waals surface area contributed by atoms with Gasteiger partial charge in [-0.2, -0.15) is 17.9 Å². The average Bonchev–Trinajstić information content (AvgIpc) is 2.56. The van der Waals surface area contributed by atoms with Crippen LogP contribution < -0.4 is 37.2 Å². The van der Waals surface area contributed by atoms with E-state index < -0.39 is 0 Å². The van der Waals surface area contributed by atoms with Crippen molar-refractivity contribution in [2.24, 2.45) is 0 Å². The smallest absolute Gasteiger partial charge is 1.00 e. The van der Waals surface area contributed by atoms with E-state index in [0.29, 0.717) is 0 Å². The fourth-order valence-electron chi connectivity index (χ4n) is 1.89. The first kappa shape index (κ1) is 20.0. The van der Waals surface area contributed by atoms with Crippen molar-refractivity contribution < 1.29 is 63.4 Å². The van der Waals surface area contributed by atoms with Gasteiger partial charge in [0.1, 0.15) is 0 Å². The first-order chi connectivity index (χ1) is 6.45. The molecule has 0 nitrogen and oxygen atoms in total. The summed E-state index contributed by atoms with van der Waals surface area (Å²) in [7, 11) is 1.25. The molecule has 1 heterocycles. The molecule has 0 saturated carbocycles. The Morgan fingerprint density at radius 3 is 2.41 bits per heavy atom. The van der Waals surface area contributed by atoms with E-state index in [4.69, 9.17) is 0 Å². The fourth-order valence-corrected chi connectivity index (χ4v) is 2.76. The molecule has 0 fully saturated rings. The van der Waals surface area contributed by atoms with Crippen LogP contribution in [0.15, 0.2) is 36.4 Å². The summed E-state index contributed by atoms with van der Waals surface area (Å²) in [4.78, 5) is 0. The van der Waals surface area contributed by atoms with Crippen LogP contribution in [-0.2, 0) is 32.6 Å². The SMILES string of the molecule is [Cl-].[Cl-].[Cl-].[Zr+4].[c-]1ccc2c(p1)Cc1ccccc1-2. The summed E-state index contributed by atoms with van der Waals surface area (Å²) in [6.07, 6.45) is 1.12. The van der Waals surface area contributed by atoms with Crippen LogP contribution >= 0.6 is 8.19 Å². The van der Waals surface area contributed by atoms with Crippen LogP contribution in [0.4, 0.5) is 0 Å². The minimum absolute atomic E-state index is 0. The molecule has 0 spiro atoms. The molecule has 17 heavy (non-hydrogen) atoms. The third-order valence-corrected chi connectivity index (χ3v) is 3.45. The predicted octanol–water partition coefficient (Wildman–Crippen LogP) is -5.35. The van der Waals surface area contributed by atoms with Gasteiger partial charge in [-0.05, 0) is 17.5 Å². The predicted molar refractivity (Wildman–Crippen MR) is 56.0 cm³/mol. The standard InChI is InChI=1S/C12H8P.3ClH.Zr/c1-2-5-10-9(4-1)8-12-11(10)6-3-7-13-12;;;;/h1-6H,8H2;3*1H;/q-1;;;;+4/p-3. The number of rotatable bonds is 0. The molecular formula is C12H8Cl3PZr. The second kappa shape index (κ2) is 8.68. The van der Waals surface area contributed by atoms with Gasteiger partial charge in [-0.15, -0.1) is 10.9 Å². The molecule has 0 radical (unpaired) electrons. The number of benzene rings is 1. The molecule has 0 unspecified atom stereocenters. The van der Waals surface area contributed by atoms with Gasteiger partial charge >= 0.3 is 26.2 Å². The third kappa shape index (κ3) is 3.79. The maximum atomic E-state index is 3.22. The van der Waals surface area contributed by atoms with E-state index >= 15 is 0 Å². The van der Waals surface area contributed by atoms with Crippen LogP contribution in [0.3, 0.4) is 0 Å². The zero-order valence-electron chi connectivity index (χ0n) is 8.75. The maximum Gasteiger partial charge on any atom is 4.00 e. The number of hydrogen-bond donors (Lipinski definition) is 0. The Bertz CT molecular complexity index is 433. The Morgan fingerprint density at radius 2 is 1.65 bits per heavy atom. The molecule has 0 saturated heterocycles. The van der Waals surface area contributed by atoms with E-state index in [1.807, 2.05) is 6.07 Å². The van der Waals surface area contributed by atoms with E-state index in [1.165, 1.54) is 30.2 Å². The van der Waals surface area contributed by atoms with E-state index in [9.17, 15) is 0 Å². The molecular weight excluding hydrogens is 373 g/mol.